The number of carboxylic acids is 1. The summed E-state index contributed by atoms with van der Waals surface area (Å²) in [4.78, 5) is 28.3. The van der Waals surface area contributed by atoms with E-state index in [1.165, 1.54) is 32.4 Å². The highest BCUT2D eigenvalue weighted by atomic mass is 19.4. The van der Waals surface area contributed by atoms with Gasteiger partial charge in [-0.2, -0.15) is 13.2 Å². The van der Waals surface area contributed by atoms with Crippen molar-refractivity contribution in [2.24, 2.45) is 5.92 Å². The van der Waals surface area contributed by atoms with Crippen molar-refractivity contribution >= 4 is 23.8 Å². The van der Waals surface area contributed by atoms with Crippen molar-refractivity contribution in [3.05, 3.63) is 29.5 Å². The molecular weight excluding hydrogens is 517 g/mol. The van der Waals surface area contributed by atoms with Crippen LogP contribution >= 0.6 is 0 Å². The van der Waals surface area contributed by atoms with Gasteiger partial charge in [-0.1, -0.05) is 25.8 Å². The molecule has 0 unspecified atom stereocenters. The van der Waals surface area contributed by atoms with Crippen LogP contribution in [0.2, 0.25) is 0 Å². The fourth-order valence-electron chi connectivity index (χ4n) is 5.63. The molecule has 0 spiro atoms. The van der Waals surface area contributed by atoms with E-state index >= 15 is 0 Å². The number of alkyl carbamates (subject to hydrolysis) is 1. The van der Waals surface area contributed by atoms with E-state index in [4.69, 9.17) is 14.6 Å². The first-order valence-corrected chi connectivity index (χ1v) is 13.5. The molecule has 0 aromatic carbocycles. The Bertz CT molecular complexity index is 1180. The van der Waals surface area contributed by atoms with Gasteiger partial charge in [0.25, 0.3) is 0 Å². The maximum atomic E-state index is 12.4. The van der Waals surface area contributed by atoms with Crippen LogP contribution in [0.4, 0.5) is 18.0 Å². The lowest BCUT2D eigenvalue weighted by Crippen LogP contribution is -2.34. The molecule has 1 amide bonds. The predicted molar refractivity (Wildman–Crippen MR) is 136 cm³/mol. The van der Waals surface area contributed by atoms with Crippen LogP contribution in [0, 0.1) is 5.92 Å². The summed E-state index contributed by atoms with van der Waals surface area (Å²) in [6.45, 7) is 6.31. The van der Waals surface area contributed by atoms with E-state index in [1.807, 2.05) is 6.20 Å². The van der Waals surface area contributed by atoms with Gasteiger partial charge in [-0.3, -0.25) is 9.38 Å². The second kappa shape index (κ2) is 12.8. The van der Waals surface area contributed by atoms with Gasteiger partial charge in [0.15, 0.2) is 5.65 Å². The van der Waals surface area contributed by atoms with Crippen molar-refractivity contribution in [1.82, 2.24) is 29.8 Å². The third-order valence-corrected chi connectivity index (χ3v) is 7.57. The molecule has 2 aromatic rings. The standard InChI is InChI=1S/C24H34N6O2.C2HF3O2/c1-2-17-14-18(32-24(31)25-10-7-13-29-11-4-3-5-12-29)15-19(17)23-28-27-22-16-26-20-8-6-9-21(20)30(22)23;3-2(4,5)1(6)7/h6,9,16-19H,2-5,7-8,10-15H2,1H3,(H,25,31);(H,6,7)/t17-,18+,19+;/m1./s1. The van der Waals surface area contributed by atoms with Crippen molar-refractivity contribution in [1.29, 1.82) is 0 Å². The van der Waals surface area contributed by atoms with Crippen LogP contribution in [0.1, 0.15) is 75.0 Å². The van der Waals surface area contributed by atoms with Gasteiger partial charge in [0.05, 0.1) is 17.6 Å². The quantitative estimate of drug-likeness (QED) is 0.490. The summed E-state index contributed by atoms with van der Waals surface area (Å²) in [5.41, 5.74) is 2.95. The van der Waals surface area contributed by atoms with Crippen molar-refractivity contribution < 1.29 is 32.6 Å². The van der Waals surface area contributed by atoms with E-state index in [0.29, 0.717) is 12.5 Å². The van der Waals surface area contributed by atoms with Gasteiger partial charge in [-0.15, -0.1) is 10.2 Å². The number of carboxylic acid groups (broad SMARTS) is 1. The summed E-state index contributed by atoms with van der Waals surface area (Å²) in [7, 11) is 0. The van der Waals surface area contributed by atoms with Crippen LogP contribution < -0.4 is 5.32 Å². The Morgan fingerprint density at radius 1 is 1.18 bits per heavy atom. The Balaban J connectivity index is 0.000000448. The molecule has 3 heterocycles. The van der Waals surface area contributed by atoms with Crippen molar-refractivity contribution in [2.75, 3.05) is 26.2 Å². The number of piperidine rings is 1. The van der Waals surface area contributed by atoms with Gasteiger partial charge in [-0.05, 0) is 63.7 Å². The SMILES string of the molecule is CC[C@@H]1C[C@H](OC(=O)NCCCN2CCCCC2)C[C@@H]1c1nnc2cnc3c(n12)C=CC3.O=C(O)C(F)(F)F. The van der Waals surface area contributed by atoms with E-state index in [0.717, 1.165) is 61.5 Å². The van der Waals surface area contributed by atoms with Crippen LogP contribution in [-0.4, -0.2) is 80.1 Å². The molecule has 2 aromatic heterocycles. The molecule has 13 heteroatoms. The molecule has 1 saturated carbocycles. The smallest absolute Gasteiger partial charge is 0.475 e. The number of aromatic nitrogens is 4. The molecule has 214 valence electrons. The number of aliphatic carboxylic acids is 1. The van der Waals surface area contributed by atoms with E-state index in [9.17, 15) is 18.0 Å². The molecule has 3 aliphatic rings. The second-order valence-electron chi connectivity index (χ2n) is 10.2. The van der Waals surface area contributed by atoms with E-state index < -0.39 is 12.1 Å². The minimum Gasteiger partial charge on any atom is -0.475 e. The highest BCUT2D eigenvalue weighted by Crippen LogP contribution is 2.42. The van der Waals surface area contributed by atoms with Gasteiger partial charge in [0.1, 0.15) is 11.9 Å². The fraction of sp³-hybridized carbons (Fsp3) is 0.654. The predicted octanol–water partition coefficient (Wildman–Crippen LogP) is 4.20. The lowest BCUT2D eigenvalue weighted by Gasteiger charge is -2.26. The first-order valence-electron chi connectivity index (χ1n) is 13.5. The first kappa shape index (κ1) is 28.8. The molecule has 2 N–H and O–H groups in total. The van der Waals surface area contributed by atoms with Gasteiger partial charge in [0.2, 0.25) is 0 Å². The topological polar surface area (TPSA) is 122 Å². The van der Waals surface area contributed by atoms with Gasteiger partial charge in [-0.25, -0.2) is 9.59 Å². The fourth-order valence-corrected chi connectivity index (χ4v) is 5.63. The summed E-state index contributed by atoms with van der Waals surface area (Å²) >= 11 is 0. The molecule has 0 bridgehead atoms. The number of carbonyl (C=O) groups is 2. The number of allylic oxidation sites excluding steroid dienone is 1. The van der Waals surface area contributed by atoms with Crippen LogP contribution in [0.3, 0.4) is 0 Å². The number of likely N-dealkylation sites (tertiary alicyclic amines) is 1. The summed E-state index contributed by atoms with van der Waals surface area (Å²) in [6, 6.07) is 0. The van der Waals surface area contributed by atoms with Crippen LogP contribution in [0.5, 0.6) is 0 Å². The number of rotatable bonds is 7. The zero-order valence-corrected chi connectivity index (χ0v) is 22.0. The van der Waals surface area contributed by atoms with Gasteiger partial charge < -0.3 is 20.1 Å². The van der Waals surface area contributed by atoms with Crippen LogP contribution in [-0.2, 0) is 16.0 Å². The molecule has 5 rings (SSSR count). The Morgan fingerprint density at radius 2 is 1.92 bits per heavy atom. The summed E-state index contributed by atoms with van der Waals surface area (Å²) in [6.07, 6.45) is 9.08. The van der Waals surface area contributed by atoms with Crippen molar-refractivity contribution in [2.45, 2.75) is 76.5 Å². The average molecular weight is 553 g/mol. The summed E-state index contributed by atoms with van der Waals surface area (Å²) in [5.74, 6) is -1.13. The number of nitrogens with one attached hydrogen (secondary N) is 1. The zero-order chi connectivity index (χ0) is 28.0. The molecule has 2 fully saturated rings. The maximum absolute atomic E-state index is 12.4. The Morgan fingerprint density at radius 3 is 2.62 bits per heavy atom. The Hall–Kier alpha value is -3.22. The monoisotopic (exact) mass is 552 g/mol. The number of nitrogens with zero attached hydrogens (tertiary/aromatic N) is 5. The molecule has 10 nitrogen and oxygen atoms in total. The maximum Gasteiger partial charge on any atom is 0.490 e. The number of hydrogen-bond donors (Lipinski definition) is 2. The summed E-state index contributed by atoms with van der Waals surface area (Å²) in [5, 5.41) is 19.0. The number of halogens is 3. The molecule has 0 radical (unpaired) electrons. The normalized spacial score (nSPS) is 22.8. The number of hydrogen-bond acceptors (Lipinski definition) is 7. The van der Waals surface area contributed by atoms with E-state index in [2.05, 4.69) is 48.9 Å². The Labute approximate surface area is 224 Å². The highest BCUT2D eigenvalue weighted by molar-refractivity contribution is 5.73. The van der Waals surface area contributed by atoms with Gasteiger partial charge >= 0.3 is 18.2 Å². The molecule has 2 aliphatic carbocycles. The molecule has 39 heavy (non-hydrogen) atoms. The zero-order valence-electron chi connectivity index (χ0n) is 22.0. The van der Waals surface area contributed by atoms with Gasteiger partial charge in [0, 0.05) is 18.9 Å². The van der Waals surface area contributed by atoms with Crippen LogP contribution in [0.15, 0.2) is 12.3 Å². The second-order valence-corrected chi connectivity index (χ2v) is 10.2. The van der Waals surface area contributed by atoms with Crippen molar-refractivity contribution in [3.63, 3.8) is 0 Å². The molecule has 3 atom stereocenters. The molecular formula is C26H35F3N6O4. The average Bonchev–Trinajstić information content (AvgIpc) is 3.64. The number of ether oxygens (including phenoxy) is 1. The van der Waals surface area contributed by atoms with Crippen molar-refractivity contribution in [3.8, 4) is 0 Å². The van der Waals surface area contributed by atoms with E-state index in [-0.39, 0.29) is 18.1 Å². The van der Waals surface area contributed by atoms with Crippen LogP contribution in [0.25, 0.3) is 11.7 Å². The highest BCUT2D eigenvalue weighted by Gasteiger charge is 2.39. The number of fused-ring (bicyclic) bond motifs is 3. The number of alkyl halides is 3. The van der Waals surface area contributed by atoms with E-state index in [1.54, 1.807) is 0 Å². The first-order chi connectivity index (χ1) is 18.7. The third kappa shape index (κ3) is 7.25. The largest absolute Gasteiger partial charge is 0.490 e. The minimum absolute atomic E-state index is 0.0789. The lowest BCUT2D eigenvalue weighted by atomic mass is 9.93. The Kier molecular flexibility index (Phi) is 9.41. The lowest BCUT2D eigenvalue weighted by molar-refractivity contribution is -0.192. The summed E-state index contributed by atoms with van der Waals surface area (Å²) < 4.78 is 39.7. The molecule has 1 saturated heterocycles. The number of amides is 1. The number of carbonyl (C=O) groups excluding carboxylic acids is 1. The minimum atomic E-state index is -5.08. The third-order valence-electron chi connectivity index (χ3n) is 7.57. The molecule has 1 aliphatic heterocycles.